The molecule has 0 aromatic heterocycles. The van der Waals surface area contributed by atoms with Crippen LogP contribution >= 0.6 is 6.19 Å². The molecule has 0 aliphatic rings. The van der Waals surface area contributed by atoms with Crippen LogP contribution in [0.1, 0.15) is 12.5 Å². The van der Waals surface area contributed by atoms with Crippen LogP contribution < -0.4 is 20.5 Å². The molecule has 0 atom stereocenters. The van der Waals surface area contributed by atoms with E-state index in [9.17, 15) is 0 Å². The van der Waals surface area contributed by atoms with Crippen molar-refractivity contribution >= 4 is 34.3 Å². The fourth-order valence-electron chi connectivity index (χ4n) is 2.58. The summed E-state index contributed by atoms with van der Waals surface area (Å²) in [7, 11) is 1.66. The predicted molar refractivity (Wildman–Crippen MR) is 115 cm³/mol. The molecule has 3 aromatic carbocycles. The number of benzene rings is 3. The summed E-state index contributed by atoms with van der Waals surface area (Å²) in [6, 6.07) is 28.2. The van der Waals surface area contributed by atoms with Gasteiger partial charge in [-0.25, -0.2) is 0 Å². The van der Waals surface area contributed by atoms with Gasteiger partial charge in [-0.2, -0.15) is 5.10 Å². The molecule has 0 saturated carbocycles. The van der Waals surface area contributed by atoms with E-state index in [1.807, 2.05) is 67.6 Å². The zero-order valence-corrected chi connectivity index (χ0v) is 16.5. The van der Waals surface area contributed by atoms with Gasteiger partial charge in [-0.05, 0) is 36.8 Å². The minimum Gasteiger partial charge on any atom is -0.497 e. The number of methoxy groups -OCH3 is 1. The molecular weight excluding hydrogens is 359 g/mol. The van der Waals surface area contributed by atoms with E-state index >= 15 is 0 Å². The van der Waals surface area contributed by atoms with Crippen LogP contribution in [0, 0.1) is 0 Å². The van der Waals surface area contributed by atoms with Crippen LogP contribution in [-0.4, -0.2) is 12.8 Å². The highest BCUT2D eigenvalue weighted by atomic mass is 32.4. The van der Waals surface area contributed by atoms with E-state index < -0.39 is 6.19 Å². The number of hydrazone groups is 1. The predicted octanol–water partition coefficient (Wildman–Crippen LogP) is 4.05. The summed E-state index contributed by atoms with van der Waals surface area (Å²) >= 11 is 6.12. The Morgan fingerprint density at radius 3 is 1.81 bits per heavy atom. The highest BCUT2D eigenvalue weighted by Crippen LogP contribution is 2.39. The molecule has 3 rings (SSSR count). The Bertz CT molecular complexity index is 882. The molecule has 0 fully saturated rings. The van der Waals surface area contributed by atoms with Gasteiger partial charge < -0.3 is 4.74 Å². The van der Waals surface area contributed by atoms with Crippen molar-refractivity contribution in [1.29, 1.82) is 0 Å². The number of nitrogens with one attached hydrogen (secondary N) is 1. The summed E-state index contributed by atoms with van der Waals surface area (Å²) < 4.78 is 5.21. The first-order valence-electron chi connectivity index (χ1n) is 8.31. The van der Waals surface area contributed by atoms with Gasteiger partial charge in [-0.15, -0.1) is 0 Å². The van der Waals surface area contributed by atoms with Gasteiger partial charge >= 0.3 is 0 Å². The summed E-state index contributed by atoms with van der Waals surface area (Å²) in [6.07, 6.45) is -2.24. The average Bonchev–Trinajstić information content (AvgIpc) is 2.73. The second kappa shape index (κ2) is 8.31. The number of nitrogens with zero attached hydrogens (tertiary/aromatic N) is 1. The molecule has 26 heavy (non-hydrogen) atoms. The van der Waals surface area contributed by atoms with Crippen LogP contribution in [0.5, 0.6) is 5.75 Å². The molecule has 3 nitrogen and oxygen atoms in total. The zero-order chi connectivity index (χ0) is 18.4. The SMILES string of the molecule is COc1ccc(C(C)=NNP(=S)(c2ccccc2)c2ccccc2)cc1. The van der Waals surface area contributed by atoms with Crippen molar-refractivity contribution in [2.45, 2.75) is 6.92 Å². The number of hydrogen-bond donors (Lipinski definition) is 1. The normalized spacial score (nSPS) is 11.8. The largest absolute Gasteiger partial charge is 0.497 e. The van der Waals surface area contributed by atoms with Crippen molar-refractivity contribution in [1.82, 2.24) is 5.20 Å². The van der Waals surface area contributed by atoms with Crippen LogP contribution in [0.4, 0.5) is 0 Å². The third-order valence-corrected chi connectivity index (χ3v) is 8.05. The highest BCUT2D eigenvalue weighted by Gasteiger charge is 2.21. The Labute approximate surface area is 159 Å². The van der Waals surface area contributed by atoms with E-state index in [0.29, 0.717) is 0 Å². The fourth-order valence-corrected chi connectivity index (χ4v) is 5.44. The molecule has 0 saturated heterocycles. The van der Waals surface area contributed by atoms with E-state index in [2.05, 4.69) is 34.6 Å². The monoisotopic (exact) mass is 380 g/mol. The maximum atomic E-state index is 6.12. The van der Waals surface area contributed by atoms with Crippen molar-refractivity contribution in [2.75, 3.05) is 7.11 Å². The van der Waals surface area contributed by atoms with E-state index in [1.165, 1.54) is 0 Å². The molecule has 0 radical (unpaired) electrons. The number of ether oxygens (including phenoxy) is 1. The topological polar surface area (TPSA) is 33.6 Å². The summed E-state index contributed by atoms with van der Waals surface area (Å²) in [4.78, 5) is 0. The summed E-state index contributed by atoms with van der Waals surface area (Å²) in [5.41, 5.74) is 1.91. The fraction of sp³-hybridized carbons (Fsp3) is 0.0952. The molecule has 3 aromatic rings. The Kier molecular flexibility index (Phi) is 5.87. The smallest absolute Gasteiger partial charge is 0.118 e. The lowest BCUT2D eigenvalue weighted by atomic mass is 10.1. The maximum Gasteiger partial charge on any atom is 0.118 e. The van der Waals surface area contributed by atoms with Gasteiger partial charge in [0.15, 0.2) is 0 Å². The van der Waals surface area contributed by atoms with Gasteiger partial charge in [0.2, 0.25) is 0 Å². The number of hydrogen-bond acceptors (Lipinski definition) is 3. The Balaban J connectivity index is 1.95. The van der Waals surface area contributed by atoms with Gasteiger partial charge in [0, 0.05) is 10.6 Å². The van der Waals surface area contributed by atoms with Crippen molar-refractivity contribution in [3.63, 3.8) is 0 Å². The van der Waals surface area contributed by atoms with Crippen LogP contribution in [0.25, 0.3) is 0 Å². The molecular formula is C21H21N2OPS. The van der Waals surface area contributed by atoms with E-state index in [0.717, 1.165) is 27.6 Å². The lowest BCUT2D eigenvalue weighted by Crippen LogP contribution is -2.25. The van der Waals surface area contributed by atoms with Crippen molar-refractivity contribution in [3.8, 4) is 5.75 Å². The Morgan fingerprint density at radius 1 is 0.846 bits per heavy atom. The van der Waals surface area contributed by atoms with Gasteiger partial charge in [0.1, 0.15) is 11.9 Å². The molecule has 0 aliphatic carbocycles. The Morgan fingerprint density at radius 2 is 1.35 bits per heavy atom. The molecule has 0 heterocycles. The molecule has 1 N–H and O–H groups in total. The van der Waals surface area contributed by atoms with Crippen LogP contribution in [0.15, 0.2) is 90.0 Å². The van der Waals surface area contributed by atoms with Gasteiger partial charge in [0.05, 0.1) is 12.8 Å². The van der Waals surface area contributed by atoms with E-state index in [1.54, 1.807) is 7.11 Å². The van der Waals surface area contributed by atoms with E-state index in [4.69, 9.17) is 16.5 Å². The first kappa shape index (κ1) is 18.4. The van der Waals surface area contributed by atoms with Gasteiger partial charge in [-0.1, -0.05) is 72.5 Å². The molecule has 0 amide bonds. The van der Waals surface area contributed by atoms with E-state index in [-0.39, 0.29) is 0 Å². The molecule has 0 bridgehead atoms. The molecule has 0 aliphatic heterocycles. The third kappa shape index (κ3) is 4.04. The molecule has 132 valence electrons. The minimum atomic E-state index is -2.24. The number of rotatable bonds is 6. The van der Waals surface area contributed by atoms with Crippen LogP contribution in [-0.2, 0) is 11.8 Å². The second-order valence-electron chi connectivity index (χ2n) is 5.81. The zero-order valence-electron chi connectivity index (χ0n) is 14.8. The van der Waals surface area contributed by atoms with Crippen molar-refractivity contribution in [3.05, 3.63) is 90.5 Å². The molecule has 5 heteroatoms. The molecule has 0 spiro atoms. The average molecular weight is 380 g/mol. The summed E-state index contributed by atoms with van der Waals surface area (Å²) in [5, 5.41) is 10.2. The maximum absolute atomic E-state index is 6.12. The van der Waals surface area contributed by atoms with Crippen LogP contribution in [0.3, 0.4) is 0 Å². The quantitative estimate of drug-likeness (QED) is 0.398. The lowest BCUT2D eigenvalue weighted by Gasteiger charge is -2.23. The first-order chi connectivity index (χ1) is 12.6. The molecule has 0 unspecified atom stereocenters. The van der Waals surface area contributed by atoms with Gasteiger partial charge in [0.25, 0.3) is 0 Å². The second-order valence-corrected chi connectivity index (χ2v) is 9.90. The minimum absolute atomic E-state index is 0.827. The highest BCUT2D eigenvalue weighted by molar-refractivity contribution is 8.20. The van der Waals surface area contributed by atoms with Crippen LogP contribution in [0.2, 0.25) is 0 Å². The third-order valence-electron chi connectivity index (χ3n) is 4.11. The first-order valence-corrected chi connectivity index (χ1v) is 11.1. The standard InChI is InChI=1S/C21H21N2OPS/c1-17(18-13-15-19(24-2)16-14-18)22-23-25(26,20-9-5-3-6-10-20)21-11-7-4-8-12-21/h3-16H,1-2H3,(H,23,26). The lowest BCUT2D eigenvalue weighted by molar-refractivity contribution is 0.415. The summed E-state index contributed by atoms with van der Waals surface area (Å²) in [5.74, 6) is 0.827. The van der Waals surface area contributed by atoms with Crippen molar-refractivity contribution < 1.29 is 4.74 Å². The Hall–Kier alpha value is -2.42. The van der Waals surface area contributed by atoms with Gasteiger partial charge in [-0.3, -0.25) is 5.20 Å². The van der Waals surface area contributed by atoms with Crippen molar-refractivity contribution in [2.24, 2.45) is 5.10 Å². The summed E-state index contributed by atoms with van der Waals surface area (Å²) in [6.45, 7) is 1.98.